The molecule has 5 N–H and O–H groups in total. The molecule has 0 aliphatic carbocycles. The first-order chi connectivity index (χ1) is 15.7. The largest absolute Gasteiger partial charge is 0.416 e. The molecule has 7 nitrogen and oxygen atoms in total. The number of nitrogens with zero attached hydrogens (tertiary/aromatic N) is 2. The van der Waals surface area contributed by atoms with Gasteiger partial charge in [0.25, 0.3) is 5.91 Å². The molecule has 4 aromatic rings. The number of nitrogens with one attached hydrogen (secondary N) is 3. The van der Waals surface area contributed by atoms with Gasteiger partial charge >= 0.3 is 6.18 Å². The number of benzene rings is 2. The third-order valence-corrected chi connectivity index (χ3v) is 5.01. The number of carbonyl (C=O) groups excluding carboxylic acids is 1. The zero-order valence-electron chi connectivity index (χ0n) is 17.0. The lowest BCUT2D eigenvalue weighted by Gasteiger charge is -2.17. The van der Waals surface area contributed by atoms with Crippen molar-refractivity contribution < 1.29 is 22.4 Å². The summed E-state index contributed by atoms with van der Waals surface area (Å²) >= 11 is 0. The highest BCUT2D eigenvalue weighted by molar-refractivity contribution is 6.08. The standard InChI is InChI=1S/C22H18F4N6O/c23-17-6-2-5-16(22(24,25)26)15(17)11-28-18-7-19(29-8-12-9-30-31-10-12)32-20-13(18)3-1-4-14(20)21(27)33/h1-7,9-10H,8,11H2,(H2,27,33)(H,30,31)(H2,28,29,32). The van der Waals surface area contributed by atoms with Crippen molar-refractivity contribution in [2.75, 3.05) is 10.6 Å². The second-order valence-corrected chi connectivity index (χ2v) is 7.20. The number of pyridine rings is 1. The third kappa shape index (κ3) is 4.71. The Morgan fingerprint density at radius 1 is 1.09 bits per heavy atom. The second-order valence-electron chi connectivity index (χ2n) is 7.20. The Morgan fingerprint density at radius 3 is 2.58 bits per heavy atom. The average Bonchev–Trinajstić information content (AvgIpc) is 3.29. The summed E-state index contributed by atoms with van der Waals surface area (Å²) in [6, 6.07) is 9.11. The SMILES string of the molecule is NC(=O)c1cccc2c(NCc3c(F)cccc3C(F)(F)F)cc(NCc3cn[nH]c3)nc12. The van der Waals surface area contributed by atoms with Gasteiger partial charge in [-0.15, -0.1) is 0 Å². The van der Waals surface area contributed by atoms with Crippen LogP contribution in [0.4, 0.5) is 29.1 Å². The van der Waals surface area contributed by atoms with Gasteiger partial charge in [-0.05, 0) is 18.2 Å². The van der Waals surface area contributed by atoms with E-state index < -0.39 is 35.6 Å². The van der Waals surface area contributed by atoms with Crippen molar-refractivity contribution in [1.29, 1.82) is 0 Å². The van der Waals surface area contributed by atoms with Crippen LogP contribution in [0.15, 0.2) is 54.9 Å². The van der Waals surface area contributed by atoms with Crippen LogP contribution in [0.3, 0.4) is 0 Å². The first kappa shape index (κ1) is 22.1. The van der Waals surface area contributed by atoms with Crippen molar-refractivity contribution in [3.05, 3.63) is 82.9 Å². The number of anilines is 2. The van der Waals surface area contributed by atoms with E-state index in [0.717, 1.165) is 23.8 Å². The Hall–Kier alpha value is -4.15. The molecule has 0 saturated carbocycles. The fourth-order valence-corrected chi connectivity index (χ4v) is 3.44. The predicted octanol–water partition coefficient (Wildman–Crippen LogP) is 4.44. The van der Waals surface area contributed by atoms with Crippen molar-refractivity contribution in [3.63, 3.8) is 0 Å². The number of hydrogen-bond acceptors (Lipinski definition) is 5. The van der Waals surface area contributed by atoms with Crippen molar-refractivity contribution in [1.82, 2.24) is 15.2 Å². The molecule has 11 heteroatoms. The number of halogens is 4. The van der Waals surface area contributed by atoms with E-state index in [4.69, 9.17) is 5.73 Å². The highest BCUT2D eigenvalue weighted by Crippen LogP contribution is 2.34. The number of fused-ring (bicyclic) bond motifs is 1. The zero-order valence-corrected chi connectivity index (χ0v) is 17.0. The molecule has 0 atom stereocenters. The summed E-state index contributed by atoms with van der Waals surface area (Å²) in [6.45, 7) is -0.0959. The van der Waals surface area contributed by atoms with Crippen molar-refractivity contribution >= 4 is 28.3 Å². The first-order valence-corrected chi connectivity index (χ1v) is 9.77. The Kier molecular flexibility index (Phi) is 5.86. The average molecular weight is 458 g/mol. The number of amides is 1. The zero-order chi connectivity index (χ0) is 23.6. The summed E-state index contributed by atoms with van der Waals surface area (Å²) in [4.78, 5) is 16.4. The fraction of sp³-hybridized carbons (Fsp3) is 0.136. The number of aromatic nitrogens is 3. The van der Waals surface area contributed by atoms with E-state index in [0.29, 0.717) is 23.4 Å². The van der Waals surface area contributed by atoms with Crippen LogP contribution in [0.2, 0.25) is 0 Å². The van der Waals surface area contributed by atoms with Gasteiger partial charge in [0.05, 0.1) is 22.8 Å². The van der Waals surface area contributed by atoms with Gasteiger partial charge in [0.1, 0.15) is 11.6 Å². The van der Waals surface area contributed by atoms with Crippen LogP contribution in [0.1, 0.15) is 27.0 Å². The van der Waals surface area contributed by atoms with Crippen molar-refractivity contribution in [2.24, 2.45) is 5.73 Å². The molecular formula is C22H18F4N6O. The summed E-state index contributed by atoms with van der Waals surface area (Å²) in [7, 11) is 0. The molecule has 2 aromatic carbocycles. The number of carbonyl (C=O) groups is 1. The highest BCUT2D eigenvalue weighted by Gasteiger charge is 2.34. The van der Waals surface area contributed by atoms with Gasteiger partial charge in [-0.1, -0.05) is 18.2 Å². The fourth-order valence-electron chi connectivity index (χ4n) is 3.44. The third-order valence-electron chi connectivity index (χ3n) is 5.01. The molecule has 0 bridgehead atoms. The number of aromatic amines is 1. The maximum absolute atomic E-state index is 14.3. The van der Waals surface area contributed by atoms with E-state index in [9.17, 15) is 22.4 Å². The minimum absolute atomic E-state index is 0.143. The first-order valence-electron chi connectivity index (χ1n) is 9.77. The number of nitrogens with two attached hydrogens (primary N) is 1. The second kappa shape index (κ2) is 8.77. The monoisotopic (exact) mass is 458 g/mol. The van der Waals surface area contributed by atoms with E-state index in [-0.39, 0.29) is 11.1 Å². The minimum Gasteiger partial charge on any atom is -0.380 e. The van der Waals surface area contributed by atoms with Crippen molar-refractivity contribution in [3.8, 4) is 0 Å². The van der Waals surface area contributed by atoms with E-state index in [1.54, 1.807) is 30.6 Å². The summed E-state index contributed by atoms with van der Waals surface area (Å²) in [5.74, 6) is -1.35. The number of alkyl halides is 3. The van der Waals surface area contributed by atoms with Gasteiger partial charge in [0, 0.05) is 47.6 Å². The topological polar surface area (TPSA) is 109 Å². The van der Waals surface area contributed by atoms with Crippen LogP contribution in [-0.4, -0.2) is 21.1 Å². The summed E-state index contributed by atoms with van der Waals surface area (Å²) in [6.07, 6.45) is -1.42. The van der Waals surface area contributed by atoms with E-state index in [2.05, 4.69) is 25.8 Å². The van der Waals surface area contributed by atoms with Gasteiger partial charge in [-0.25, -0.2) is 9.37 Å². The normalized spacial score (nSPS) is 11.5. The lowest BCUT2D eigenvalue weighted by Crippen LogP contribution is -2.15. The molecule has 170 valence electrons. The number of H-pyrrole nitrogens is 1. The Bertz CT molecular complexity index is 1300. The Labute approximate surface area is 185 Å². The molecule has 4 rings (SSSR count). The smallest absolute Gasteiger partial charge is 0.380 e. The molecule has 1 amide bonds. The Morgan fingerprint density at radius 2 is 1.88 bits per heavy atom. The van der Waals surface area contributed by atoms with Gasteiger partial charge < -0.3 is 16.4 Å². The highest BCUT2D eigenvalue weighted by atomic mass is 19.4. The number of para-hydroxylation sites is 1. The summed E-state index contributed by atoms with van der Waals surface area (Å²) < 4.78 is 54.4. The maximum Gasteiger partial charge on any atom is 0.416 e. The molecule has 33 heavy (non-hydrogen) atoms. The van der Waals surface area contributed by atoms with E-state index in [1.165, 1.54) is 6.07 Å². The molecule has 0 saturated heterocycles. The van der Waals surface area contributed by atoms with E-state index >= 15 is 0 Å². The molecule has 2 heterocycles. The molecule has 0 fully saturated rings. The number of rotatable bonds is 7. The van der Waals surface area contributed by atoms with Gasteiger partial charge in [-0.2, -0.15) is 18.3 Å². The van der Waals surface area contributed by atoms with Gasteiger partial charge in [-0.3, -0.25) is 9.89 Å². The van der Waals surface area contributed by atoms with Crippen LogP contribution in [0.25, 0.3) is 10.9 Å². The van der Waals surface area contributed by atoms with Crippen LogP contribution in [-0.2, 0) is 19.3 Å². The lowest BCUT2D eigenvalue weighted by molar-refractivity contribution is -0.138. The van der Waals surface area contributed by atoms with Gasteiger partial charge in [0.2, 0.25) is 0 Å². The molecule has 0 radical (unpaired) electrons. The molecule has 0 spiro atoms. The maximum atomic E-state index is 14.3. The molecule has 0 aliphatic rings. The molecule has 2 aromatic heterocycles. The van der Waals surface area contributed by atoms with Gasteiger partial charge in [0.15, 0.2) is 0 Å². The van der Waals surface area contributed by atoms with Crippen molar-refractivity contribution in [2.45, 2.75) is 19.3 Å². The summed E-state index contributed by atoms with van der Waals surface area (Å²) in [5, 5.41) is 12.9. The van der Waals surface area contributed by atoms with Crippen LogP contribution in [0, 0.1) is 5.82 Å². The molecule has 0 unspecified atom stereocenters. The molecule has 0 aliphatic heterocycles. The predicted molar refractivity (Wildman–Crippen MR) is 115 cm³/mol. The summed E-state index contributed by atoms with van der Waals surface area (Å²) in [5.41, 5.74) is 5.48. The Balaban J connectivity index is 1.74. The van der Waals surface area contributed by atoms with Crippen LogP contribution < -0.4 is 16.4 Å². The minimum atomic E-state index is -4.71. The quantitative estimate of drug-likeness (QED) is 0.306. The molecular weight excluding hydrogens is 440 g/mol. The lowest BCUT2D eigenvalue weighted by atomic mass is 10.0. The van der Waals surface area contributed by atoms with Crippen LogP contribution >= 0.6 is 0 Å². The van der Waals surface area contributed by atoms with Crippen LogP contribution in [0.5, 0.6) is 0 Å². The van der Waals surface area contributed by atoms with E-state index in [1.807, 2.05) is 0 Å². The number of primary amides is 1. The number of hydrogen-bond donors (Lipinski definition) is 4.